The SMILES string of the molecule is COc1ccc(N2C(=O)NC(=O)/C(=C\c3cc(Br)c(N4CCOCC4)o3)C2=O)c(OC)c1. The number of hydrogen-bond acceptors (Lipinski definition) is 8. The van der Waals surface area contributed by atoms with Crippen LogP contribution in [0.2, 0.25) is 0 Å². The summed E-state index contributed by atoms with van der Waals surface area (Å²) in [7, 11) is 2.89. The molecule has 0 aliphatic carbocycles. The molecule has 1 aromatic heterocycles. The summed E-state index contributed by atoms with van der Waals surface area (Å²) in [5.74, 6) is -0.0384. The molecule has 2 saturated heterocycles. The Morgan fingerprint density at radius 3 is 2.53 bits per heavy atom. The molecule has 1 N–H and O–H groups in total. The molecule has 4 rings (SSSR count). The van der Waals surface area contributed by atoms with E-state index in [1.165, 1.54) is 32.4 Å². The van der Waals surface area contributed by atoms with Gasteiger partial charge in [0.2, 0.25) is 5.88 Å². The lowest BCUT2D eigenvalue weighted by atomic mass is 10.1. The molecule has 3 heterocycles. The number of carbonyl (C=O) groups is 3. The first-order valence-electron chi connectivity index (χ1n) is 9.68. The van der Waals surface area contributed by atoms with E-state index in [0.717, 1.165) is 4.90 Å². The number of ether oxygens (including phenoxy) is 3. The number of nitrogens with zero attached hydrogens (tertiary/aromatic N) is 2. The second kappa shape index (κ2) is 9.05. The van der Waals surface area contributed by atoms with E-state index in [1.807, 2.05) is 4.90 Å². The number of imide groups is 2. The number of halogens is 1. The molecule has 0 atom stereocenters. The molecular formula is C21H20BrN3O7. The van der Waals surface area contributed by atoms with Gasteiger partial charge in [-0.1, -0.05) is 0 Å². The normalized spacial score (nSPS) is 18.2. The van der Waals surface area contributed by atoms with Crippen LogP contribution in [0.25, 0.3) is 6.08 Å². The van der Waals surface area contributed by atoms with Crippen LogP contribution in [0, 0.1) is 0 Å². The van der Waals surface area contributed by atoms with Crippen molar-refractivity contribution in [2.24, 2.45) is 0 Å². The van der Waals surface area contributed by atoms with Crippen LogP contribution in [0.15, 0.2) is 38.7 Å². The lowest BCUT2D eigenvalue weighted by Crippen LogP contribution is -2.54. The fourth-order valence-corrected chi connectivity index (χ4v) is 3.98. The highest BCUT2D eigenvalue weighted by Gasteiger charge is 2.38. The predicted octanol–water partition coefficient (Wildman–Crippen LogP) is 2.56. The summed E-state index contributed by atoms with van der Waals surface area (Å²) in [4.78, 5) is 41.0. The Morgan fingerprint density at radius 1 is 1.09 bits per heavy atom. The van der Waals surface area contributed by atoms with Crippen molar-refractivity contribution in [2.45, 2.75) is 0 Å². The van der Waals surface area contributed by atoms with Gasteiger partial charge in [-0.05, 0) is 34.1 Å². The third kappa shape index (κ3) is 4.08. The van der Waals surface area contributed by atoms with Crippen LogP contribution in [-0.4, -0.2) is 58.4 Å². The summed E-state index contributed by atoms with van der Waals surface area (Å²) >= 11 is 3.45. The van der Waals surface area contributed by atoms with Crippen LogP contribution in [0.4, 0.5) is 16.4 Å². The number of urea groups is 1. The van der Waals surface area contributed by atoms with Crippen molar-refractivity contribution in [2.75, 3.05) is 50.3 Å². The van der Waals surface area contributed by atoms with Gasteiger partial charge < -0.3 is 23.5 Å². The van der Waals surface area contributed by atoms with E-state index in [-0.39, 0.29) is 22.8 Å². The molecule has 1 aromatic carbocycles. The third-order valence-electron chi connectivity index (χ3n) is 5.00. The molecule has 10 nitrogen and oxygen atoms in total. The van der Waals surface area contributed by atoms with Gasteiger partial charge in [0.25, 0.3) is 11.8 Å². The van der Waals surface area contributed by atoms with Crippen LogP contribution in [0.1, 0.15) is 5.76 Å². The minimum absolute atomic E-state index is 0.170. The number of amides is 4. The number of methoxy groups -OCH3 is 2. The molecule has 0 saturated carbocycles. The van der Waals surface area contributed by atoms with Gasteiger partial charge in [-0.25, -0.2) is 9.69 Å². The Balaban J connectivity index is 1.68. The molecule has 2 aromatic rings. The Morgan fingerprint density at radius 2 is 1.84 bits per heavy atom. The molecule has 0 spiro atoms. The van der Waals surface area contributed by atoms with E-state index in [9.17, 15) is 14.4 Å². The Kier molecular flexibility index (Phi) is 6.19. The minimum Gasteiger partial charge on any atom is -0.497 e. The minimum atomic E-state index is -0.879. The average Bonchev–Trinajstić information content (AvgIpc) is 3.17. The van der Waals surface area contributed by atoms with Gasteiger partial charge >= 0.3 is 6.03 Å². The second-order valence-electron chi connectivity index (χ2n) is 6.90. The van der Waals surface area contributed by atoms with Gasteiger partial charge in [-0.3, -0.25) is 14.9 Å². The zero-order valence-corrected chi connectivity index (χ0v) is 18.9. The number of nitrogens with one attached hydrogen (secondary N) is 1. The highest BCUT2D eigenvalue weighted by atomic mass is 79.9. The molecule has 0 unspecified atom stereocenters. The predicted molar refractivity (Wildman–Crippen MR) is 118 cm³/mol. The van der Waals surface area contributed by atoms with E-state index < -0.39 is 17.8 Å². The highest BCUT2D eigenvalue weighted by Crippen LogP contribution is 2.35. The standard InChI is InChI=1S/C21H20BrN3O7/c1-29-12-3-4-16(17(11-12)30-2)25-19(27)14(18(26)23-21(25)28)9-13-10-15(22)20(32-13)24-5-7-31-8-6-24/h3-4,9-11H,5-8H2,1-2H3,(H,23,26,28)/b14-9+. The zero-order valence-electron chi connectivity index (χ0n) is 17.3. The Labute approximate surface area is 191 Å². The van der Waals surface area contributed by atoms with Crippen LogP contribution < -0.4 is 24.6 Å². The summed E-state index contributed by atoms with van der Waals surface area (Å²) in [6, 6.07) is 5.40. The molecule has 168 valence electrons. The topological polar surface area (TPSA) is 111 Å². The molecule has 2 aliphatic rings. The van der Waals surface area contributed by atoms with Crippen molar-refractivity contribution < 1.29 is 33.0 Å². The number of hydrogen-bond donors (Lipinski definition) is 1. The lowest BCUT2D eigenvalue weighted by Gasteiger charge is -2.27. The lowest BCUT2D eigenvalue weighted by molar-refractivity contribution is -0.122. The number of barbiturate groups is 1. The number of furan rings is 1. The maximum absolute atomic E-state index is 13.2. The van der Waals surface area contributed by atoms with Gasteiger partial charge in [-0.15, -0.1) is 0 Å². The van der Waals surface area contributed by atoms with E-state index in [0.29, 0.717) is 42.4 Å². The van der Waals surface area contributed by atoms with Crippen molar-refractivity contribution in [3.63, 3.8) is 0 Å². The summed E-state index contributed by atoms with van der Waals surface area (Å²) in [6.45, 7) is 2.46. The van der Waals surface area contributed by atoms with Gasteiger partial charge in [0.1, 0.15) is 22.8 Å². The number of morpholine rings is 1. The van der Waals surface area contributed by atoms with Crippen LogP contribution >= 0.6 is 15.9 Å². The molecule has 0 radical (unpaired) electrons. The summed E-state index contributed by atoms with van der Waals surface area (Å²) < 4.78 is 22.4. The van der Waals surface area contributed by atoms with E-state index >= 15 is 0 Å². The number of anilines is 2. The smallest absolute Gasteiger partial charge is 0.336 e. The molecule has 32 heavy (non-hydrogen) atoms. The van der Waals surface area contributed by atoms with E-state index in [4.69, 9.17) is 18.6 Å². The largest absolute Gasteiger partial charge is 0.497 e. The first kappa shape index (κ1) is 21.9. The van der Waals surface area contributed by atoms with Crippen molar-refractivity contribution in [3.05, 3.63) is 40.1 Å². The van der Waals surface area contributed by atoms with Crippen LogP contribution in [0.3, 0.4) is 0 Å². The summed E-state index contributed by atoms with van der Waals surface area (Å²) in [6.07, 6.45) is 1.31. The quantitative estimate of drug-likeness (QED) is 0.487. The van der Waals surface area contributed by atoms with Crippen LogP contribution in [-0.2, 0) is 14.3 Å². The number of benzene rings is 1. The molecule has 4 amide bonds. The van der Waals surface area contributed by atoms with Crippen molar-refractivity contribution in [3.8, 4) is 11.5 Å². The maximum Gasteiger partial charge on any atom is 0.336 e. The average molecular weight is 506 g/mol. The maximum atomic E-state index is 13.2. The zero-order chi connectivity index (χ0) is 22.8. The summed E-state index contributed by atoms with van der Waals surface area (Å²) in [5.41, 5.74) is -0.0823. The fraction of sp³-hybridized carbons (Fsp3) is 0.286. The van der Waals surface area contributed by atoms with Crippen LogP contribution in [0.5, 0.6) is 11.5 Å². The van der Waals surface area contributed by atoms with Gasteiger partial charge in [0.05, 0.1) is 37.6 Å². The number of rotatable bonds is 5. The van der Waals surface area contributed by atoms with E-state index in [1.54, 1.807) is 12.1 Å². The van der Waals surface area contributed by atoms with Crippen molar-refractivity contribution in [1.29, 1.82) is 0 Å². The van der Waals surface area contributed by atoms with Gasteiger partial charge in [0.15, 0.2) is 0 Å². The monoisotopic (exact) mass is 505 g/mol. The fourth-order valence-electron chi connectivity index (χ4n) is 3.42. The highest BCUT2D eigenvalue weighted by molar-refractivity contribution is 9.10. The molecular weight excluding hydrogens is 486 g/mol. The molecule has 2 fully saturated rings. The third-order valence-corrected chi connectivity index (χ3v) is 5.57. The van der Waals surface area contributed by atoms with Crippen molar-refractivity contribution in [1.82, 2.24) is 5.32 Å². The molecule has 2 aliphatic heterocycles. The molecule has 0 bridgehead atoms. The van der Waals surface area contributed by atoms with Gasteiger partial charge in [-0.2, -0.15) is 0 Å². The molecule has 11 heteroatoms. The Bertz CT molecular complexity index is 1100. The number of carbonyl (C=O) groups excluding carboxylic acids is 3. The first-order valence-corrected chi connectivity index (χ1v) is 10.5. The van der Waals surface area contributed by atoms with Crippen molar-refractivity contribution >= 4 is 51.4 Å². The first-order chi connectivity index (χ1) is 15.4. The Hall–Kier alpha value is -3.31. The summed E-state index contributed by atoms with van der Waals surface area (Å²) in [5, 5.41) is 2.19. The second-order valence-corrected chi connectivity index (χ2v) is 7.75. The van der Waals surface area contributed by atoms with Gasteiger partial charge in [0, 0.05) is 25.2 Å². The van der Waals surface area contributed by atoms with E-state index in [2.05, 4.69) is 21.2 Å².